The summed E-state index contributed by atoms with van der Waals surface area (Å²) in [7, 11) is 0. The molecule has 5 heteroatoms. The SMILES string of the molecule is CC(C)(CNC(=O)CNC(=O)NCc1ccccc1)c1ccccc1. The zero-order valence-corrected chi connectivity index (χ0v) is 14.7. The van der Waals surface area contributed by atoms with Crippen molar-refractivity contribution in [1.82, 2.24) is 16.0 Å². The lowest BCUT2D eigenvalue weighted by atomic mass is 9.84. The summed E-state index contributed by atoms with van der Waals surface area (Å²) in [6.45, 7) is 5.02. The van der Waals surface area contributed by atoms with Crippen LogP contribution in [0.2, 0.25) is 0 Å². The van der Waals surface area contributed by atoms with E-state index in [0.29, 0.717) is 13.1 Å². The molecule has 3 amide bonds. The van der Waals surface area contributed by atoms with Crippen molar-refractivity contribution in [3.8, 4) is 0 Å². The predicted octanol–water partition coefficient (Wildman–Crippen LogP) is 2.58. The highest BCUT2D eigenvalue weighted by atomic mass is 16.2. The maximum atomic E-state index is 11.9. The maximum absolute atomic E-state index is 11.9. The molecule has 2 rings (SSSR count). The van der Waals surface area contributed by atoms with Gasteiger partial charge in [0.05, 0.1) is 6.54 Å². The lowest BCUT2D eigenvalue weighted by molar-refractivity contribution is -0.120. The molecule has 25 heavy (non-hydrogen) atoms. The number of urea groups is 1. The van der Waals surface area contributed by atoms with Crippen molar-refractivity contribution in [3.63, 3.8) is 0 Å². The number of hydrogen-bond acceptors (Lipinski definition) is 2. The van der Waals surface area contributed by atoms with E-state index in [1.807, 2.05) is 60.7 Å². The molecule has 0 aliphatic rings. The number of rotatable bonds is 7. The van der Waals surface area contributed by atoms with Crippen LogP contribution in [0.25, 0.3) is 0 Å². The second kappa shape index (κ2) is 8.87. The lowest BCUT2D eigenvalue weighted by Gasteiger charge is -2.25. The molecule has 0 atom stereocenters. The summed E-state index contributed by atoms with van der Waals surface area (Å²) in [5.41, 5.74) is 1.99. The van der Waals surface area contributed by atoms with E-state index >= 15 is 0 Å². The quantitative estimate of drug-likeness (QED) is 0.726. The molecule has 3 N–H and O–H groups in total. The Hall–Kier alpha value is -2.82. The van der Waals surface area contributed by atoms with Crippen molar-refractivity contribution < 1.29 is 9.59 Å². The van der Waals surface area contributed by atoms with E-state index in [0.717, 1.165) is 11.1 Å². The Bertz CT molecular complexity index is 685. The molecule has 0 saturated carbocycles. The van der Waals surface area contributed by atoms with Crippen molar-refractivity contribution in [1.29, 1.82) is 0 Å². The number of amides is 3. The Kier molecular flexibility index (Phi) is 6.57. The van der Waals surface area contributed by atoms with Gasteiger partial charge >= 0.3 is 6.03 Å². The summed E-state index contributed by atoms with van der Waals surface area (Å²) in [5, 5.41) is 8.16. The Morgan fingerprint density at radius 2 is 1.44 bits per heavy atom. The lowest BCUT2D eigenvalue weighted by Crippen LogP contribution is -2.44. The summed E-state index contributed by atoms with van der Waals surface area (Å²) >= 11 is 0. The van der Waals surface area contributed by atoms with Crippen molar-refractivity contribution in [2.45, 2.75) is 25.8 Å². The highest BCUT2D eigenvalue weighted by Gasteiger charge is 2.21. The van der Waals surface area contributed by atoms with E-state index in [4.69, 9.17) is 0 Å². The third-order valence-electron chi connectivity index (χ3n) is 3.99. The normalized spacial score (nSPS) is 10.8. The van der Waals surface area contributed by atoms with E-state index < -0.39 is 0 Å². The molecule has 0 aromatic heterocycles. The van der Waals surface area contributed by atoms with Gasteiger partial charge < -0.3 is 16.0 Å². The van der Waals surface area contributed by atoms with Gasteiger partial charge in [-0.25, -0.2) is 4.79 Å². The fourth-order valence-electron chi connectivity index (χ4n) is 2.37. The van der Waals surface area contributed by atoms with E-state index in [-0.39, 0.29) is 23.9 Å². The monoisotopic (exact) mass is 339 g/mol. The highest BCUT2D eigenvalue weighted by Crippen LogP contribution is 2.21. The van der Waals surface area contributed by atoms with Crippen molar-refractivity contribution in [2.24, 2.45) is 0 Å². The highest BCUT2D eigenvalue weighted by molar-refractivity contribution is 5.83. The van der Waals surface area contributed by atoms with Gasteiger partial charge in [0, 0.05) is 18.5 Å². The molecule has 0 heterocycles. The Balaban J connectivity index is 1.69. The van der Waals surface area contributed by atoms with Gasteiger partial charge in [0.1, 0.15) is 0 Å². The number of carbonyl (C=O) groups is 2. The molecule has 0 aliphatic heterocycles. The fourth-order valence-corrected chi connectivity index (χ4v) is 2.37. The van der Waals surface area contributed by atoms with E-state index in [2.05, 4.69) is 29.8 Å². The molecule has 0 fully saturated rings. The van der Waals surface area contributed by atoms with Gasteiger partial charge in [-0.1, -0.05) is 74.5 Å². The minimum atomic E-state index is -0.360. The Labute approximate surface area is 148 Å². The molecule has 132 valence electrons. The van der Waals surface area contributed by atoms with Gasteiger partial charge in [0.25, 0.3) is 0 Å². The molecule has 0 bridgehead atoms. The van der Waals surface area contributed by atoms with Crippen LogP contribution in [-0.4, -0.2) is 25.0 Å². The van der Waals surface area contributed by atoms with Crippen LogP contribution in [0.1, 0.15) is 25.0 Å². The number of hydrogen-bond donors (Lipinski definition) is 3. The van der Waals surface area contributed by atoms with Gasteiger partial charge in [-0.15, -0.1) is 0 Å². The zero-order valence-electron chi connectivity index (χ0n) is 14.7. The largest absolute Gasteiger partial charge is 0.354 e. The van der Waals surface area contributed by atoms with Crippen LogP contribution in [0.15, 0.2) is 60.7 Å². The first kappa shape index (κ1) is 18.5. The number of benzene rings is 2. The summed E-state index contributed by atoms with van der Waals surface area (Å²) in [6, 6.07) is 19.3. The third kappa shape index (κ3) is 6.30. The first-order valence-electron chi connectivity index (χ1n) is 8.35. The standard InChI is InChI=1S/C20H25N3O2/c1-20(2,17-11-7-4-8-12-17)15-23-18(24)14-22-19(25)21-13-16-9-5-3-6-10-16/h3-12H,13-15H2,1-2H3,(H,23,24)(H2,21,22,25). The Morgan fingerprint density at radius 3 is 2.08 bits per heavy atom. The van der Waals surface area contributed by atoms with Crippen molar-refractivity contribution in [2.75, 3.05) is 13.1 Å². The van der Waals surface area contributed by atoms with Crippen LogP contribution in [0.3, 0.4) is 0 Å². The Morgan fingerprint density at radius 1 is 0.840 bits per heavy atom. The van der Waals surface area contributed by atoms with Gasteiger partial charge in [-0.05, 0) is 11.1 Å². The molecule has 0 radical (unpaired) electrons. The van der Waals surface area contributed by atoms with Crippen LogP contribution in [0, 0.1) is 0 Å². The molecule has 0 unspecified atom stereocenters. The summed E-state index contributed by atoms with van der Waals surface area (Å²) < 4.78 is 0. The molecular formula is C20H25N3O2. The average Bonchev–Trinajstić information content (AvgIpc) is 2.64. The van der Waals surface area contributed by atoms with E-state index in [9.17, 15) is 9.59 Å². The van der Waals surface area contributed by atoms with Gasteiger partial charge in [-0.2, -0.15) is 0 Å². The van der Waals surface area contributed by atoms with Crippen LogP contribution >= 0.6 is 0 Å². The third-order valence-corrected chi connectivity index (χ3v) is 3.99. The van der Waals surface area contributed by atoms with E-state index in [1.165, 1.54) is 0 Å². The minimum Gasteiger partial charge on any atom is -0.354 e. The molecular weight excluding hydrogens is 314 g/mol. The molecule has 0 aliphatic carbocycles. The van der Waals surface area contributed by atoms with Crippen LogP contribution in [-0.2, 0) is 16.8 Å². The van der Waals surface area contributed by atoms with Gasteiger partial charge in [0.15, 0.2) is 0 Å². The topological polar surface area (TPSA) is 70.2 Å². The minimum absolute atomic E-state index is 0.0501. The predicted molar refractivity (Wildman–Crippen MR) is 99.2 cm³/mol. The maximum Gasteiger partial charge on any atom is 0.315 e. The van der Waals surface area contributed by atoms with Crippen molar-refractivity contribution >= 4 is 11.9 Å². The average molecular weight is 339 g/mol. The second-order valence-electron chi connectivity index (χ2n) is 6.55. The van der Waals surface area contributed by atoms with E-state index in [1.54, 1.807) is 0 Å². The van der Waals surface area contributed by atoms with Crippen LogP contribution < -0.4 is 16.0 Å². The smallest absolute Gasteiger partial charge is 0.315 e. The summed E-state index contributed by atoms with van der Waals surface area (Å²) in [4.78, 5) is 23.7. The first-order valence-corrected chi connectivity index (χ1v) is 8.35. The van der Waals surface area contributed by atoms with Crippen LogP contribution in [0.4, 0.5) is 4.79 Å². The molecule has 2 aromatic carbocycles. The molecule has 2 aromatic rings. The number of nitrogens with one attached hydrogen (secondary N) is 3. The van der Waals surface area contributed by atoms with Gasteiger partial charge in [0.2, 0.25) is 5.91 Å². The molecule has 0 saturated heterocycles. The van der Waals surface area contributed by atoms with Gasteiger partial charge in [-0.3, -0.25) is 4.79 Å². The zero-order chi connectivity index (χ0) is 18.1. The van der Waals surface area contributed by atoms with Crippen LogP contribution in [0.5, 0.6) is 0 Å². The second-order valence-corrected chi connectivity index (χ2v) is 6.55. The first-order chi connectivity index (χ1) is 12.0. The number of carbonyl (C=O) groups excluding carboxylic acids is 2. The summed E-state index contributed by atoms with van der Waals surface area (Å²) in [6.07, 6.45) is 0. The van der Waals surface area contributed by atoms with Crippen molar-refractivity contribution in [3.05, 3.63) is 71.8 Å². The summed E-state index contributed by atoms with van der Waals surface area (Å²) in [5.74, 6) is -0.209. The molecule has 0 spiro atoms. The molecule has 5 nitrogen and oxygen atoms in total. The fraction of sp³-hybridized carbons (Fsp3) is 0.300.